The first kappa shape index (κ1) is 21.2. The van der Waals surface area contributed by atoms with Crippen LogP contribution in [0.15, 0.2) is 47.4 Å². The average molecular weight is 438 g/mol. The summed E-state index contributed by atoms with van der Waals surface area (Å²) in [4.78, 5) is 22.5. The van der Waals surface area contributed by atoms with Crippen molar-refractivity contribution in [3.63, 3.8) is 0 Å². The molecule has 29 heavy (non-hydrogen) atoms. The van der Waals surface area contributed by atoms with Gasteiger partial charge in [-0.15, -0.1) is 0 Å². The zero-order valence-electron chi connectivity index (χ0n) is 15.7. The quantitative estimate of drug-likeness (QED) is 0.567. The molecule has 154 valence electrons. The van der Waals surface area contributed by atoms with Gasteiger partial charge in [-0.3, -0.25) is 14.9 Å². The highest BCUT2D eigenvalue weighted by Gasteiger charge is 2.34. The third kappa shape index (κ3) is 4.75. The molecule has 2 aromatic rings. The van der Waals surface area contributed by atoms with Crippen LogP contribution < -0.4 is 5.32 Å². The lowest BCUT2D eigenvalue weighted by Gasteiger charge is -2.30. The molecule has 8 nitrogen and oxygen atoms in total. The van der Waals surface area contributed by atoms with E-state index in [9.17, 15) is 23.3 Å². The number of anilines is 1. The first-order chi connectivity index (χ1) is 13.7. The van der Waals surface area contributed by atoms with Crippen molar-refractivity contribution in [1.29, 1.82) is 0 Å². The van der Waals surface area contributed by atoms with Gasteiger partial charge in [0.1, 0.15) is 4.90 Å². The Morgan fingerprint density at radius 1 is 1.21 bits per heavy atom. The van der Waals surface area contributed by atoms with E-state index in [-0.39, 0.29) is 40.5 Å². The first-order valence-electron chi connectivity index (χ1n) is 9.00. The molecule has 0 saturated carbocycles. The minimum Gasteiger partial charge on any atom is -0.326 e. The van der Waals surface area contributed by atoms with E-state index in [4.69, 9.17) is 11.6 Å². The number of nitro benzene ring substituents is 1. The molecule has 1 saturated heterocycles. The maximum Gasteiger partial charge on any atom is 0.270 e. The summed E-state index contributed by atoms with van der Waals surface area (Å²) in [5.41, 5.74) is 1.38. The number of sulfonamides is 1. The van der Waals surface area contributed by atoms with E-state index in [1.807, 2.05) is 25.1 Å². The monoisotopic (exact) mass is 437 g/mol. The average Bonchev–Trinajstić information content (AvgIpc) is 2.68. The standard InChI is InChI=1S/C19H20ClN3O5S/c1-13-3-2-4-15(11-13)21-19(24)14-7-9-22(10-8-14)29(27,28)18-12-16(23(25)26)5-6-17(18)20/h2-6,11-12,14H,7-10H2,1H3,(H,21,24). The Kier molecular flexibility index (Phi) is 6.21. The summed E-state index contributed by atoms with van der Waals surface area (Å²) in [6, 6.07) is 10.8. The van der Waals surface area contributed by atoms with Crippen molar-refractivity contribution in [2.45, 2.75) is 24.7 Å². The van der Waals surface area contributed by atoms with Crippen molar-refractivity contribution in [3.8, 4) is 0 Å². The summed E-state index contributed by atoms with van der Waals surface area (Å²) in [5.74, 6) is -0.469. The van der Waals surface area contributed by atoms with E-state index >= 15 is 0 Å². The van der Waals surface area contributed by atoms with Gasteiger partial charge in [0.2, 0.25) is 15.9 Å². The largest absolute Gasteiger partial charge is 0.326 e. The van der Waals surface area contributed by atoms with Crippen LogP contribution in [0.4, 0.5) is 11.4 Å². The lowest BCUT2D eigenvalue weighted by molar-refractivity contribution is -0.385. The topological polar surface area (TPSA) is 110 Å². The summed E-state index contributed by atoms with van der Waals surface area (Å²) in [5, 5.41) is 13.8. The van der Waals surface area contributed by atoms with E-state index in [1.54, 1.807) is 6.07 Å². The summed E-state index contributed by atoms with van der Waals surface area (Å²) >= 11 is 5.99. The molecule has 1 heterocycles. The first-order valence-corrected chi connectivity index (χ1v) is 10.8. The number of hydrogen-bond donors (Lipinski definition) is 1. The minimum absolute atomic E-state index is 0.0742. The smallest absolute Gasteiger partial charge is 0.270 e. The Balaban J connectivity index is 1.69. The van der Waals surface area contributed by atoms with Crippen LogP contribution in [-0.4, -0.2) is 36.6 Å². The van der Waals surface area contributed by atoms with E-state index in [0.717, 1.165) is 17.7 Å². The zero-order valence-corrected chi connectivity index (χ0v) is 17.2. The van der Waals surface area contributed by atoms with Gasteiger partial charge in [0.05, 0.1) is 9.95 Å². The molecular weight excluding hydrogens is 418 g/mol. The second-order valence-corrected chi connectivity index (χ2v) is 9.22. The molecular formula is C19H20ClN3O5S. The van der Waals surface area contributed by atoms with Gasteiger partial charge in [0.15, 0.2) is 0 Å². The second kappa shape index (κ2) is 8.48. The van der Waals surface area contributed by atoms with E-state index in [2.05, 4.69) is 5.32 Å². The fourth-order valence-electron chi connectivity index (χ4n) is 3.27. The van der Waals surface area contributed by atoms with E-state index in [0.29, 0.717) is 18.5 Å². The lowest BCUT2D eigenvalue weighted by Crippen LogP contribution is -2.41. The van der Waals surface area contributed by atoms with Gasteiger partial charge < -0.3 is 5.32 Å². The summed E-state index contributed by atoms with van der Waals surface area (Å²) in [6.07, 6.45) is 0.701. The lowest BCUT2D eigenvalue weighted by atomic mass is 9.97. The Morgan fingerprint density at radius 2 is 1.90 bits per heavy atom. The molecule has 0 unspecified atom stereocenters. The van der Waals surface area contributed by atoms with Crippen LogP contribution in [0, 0.1) is 23.0 Å². The number of rotatable bonds is 5. The van der Waals surface area contributed by atoms with Crippen LogP contribution >= 0.6 is 11.6 Å². The third-order valence-corrected chi connectivity index (χ3v) is 7.23. The van der Waals surface area contributed by atoms with Gasteiger partial charge in [0.25, 0.3) is 5.69 Å². The maximum absolute atomic E-state index is 12.9. The van der Waals surface area contributed by atoms with Crippen molar-refractivity contribution in [2.24, 2.45) is 5.92 Å². The number of benzene rings is 2. The predicted octanol–water partition coefficient (Wildman–Crippen LogP) is 3.60. The predicted molar refractivity (Wildman–Crippen MR) is 109 cm³/mol. The number of halogens is 1. The van der Waals surface area contributed by atoms with Gasteiger partial charge in [-0.1, -0.05) is 23.7 Å². The van der Waals surface area contributed by atoms with Crippen molar-refractivity contribution in [3.05, 3.63) is 63.2 Å². The highest BCUT2D eigenvalue weighted by atomic mass is 35.5. The zero-order chi connectivity index (χ0) is 21.2. The fraction of sp³-hybridized carbons (Fsp3) is 0.316. The van der Waals surface area contributed by atoms with Crippen LogP contribution in [0.5, 0.6) is 0 Å². The van der Waals surface area contributed by atoms with Gasteiger partial charge >= 0.3 is 0 Å². The van der Waals surface area contributed by atoms with Crippen LogP contribution in [0.1, 0.15) is 18.4 Å². The molecule has 0 radical (unpaired) electrons. The van der Waals surface area contributed by atoms with Gasteiger partial charge in [-0.25, -0.2) is 8.42 Å². The minimum atomic E-state index is -4.00. The summed E-state index contributed by atoms with van der Waals surface area (Å²) in [6.45, 7) is 2.19. The fourth-order valence-corrected chi connectivity index (χ4v) is 5.23. The normalized spacial score (nSPS) is 15.8. The van der Waals surface area contributed by atoms with Crippen LogP contribution in [0.3, 0.4) is 0 Å². The molecule has 3 rings (SSSR count). The van der Waals surface area contributed by atoms with Crippen LogP contribution in [0.25, 0.3) is 0 Å². The van der Waals surface area contributed by atoms with Crippen molar-refractivity contribution in [1.82, 2.24) is 4.31 Å². The molecule has 0 aliphatic carbocycles. The molecule has 0 spiro atoms. The second-order valence-electron chi connectivity index (χ2n) is 6.91. The molecule has 2 aromatic carbocycles. The molecule has 1 N–H and O–H groups in total. The Labute approximate surface area is 173 Å². The molecule has 1 aliphatic rings. The molecule has 0 bridgehead atoms. The Bertz CT molecular complexity index is 1050. The van der Waals surface area contributed by atoms with Crippen molar-refractivity contribution in [2.75, 3.05) is 18.4 Å². The van der Waals surface area contributed by atoms with Crippen LogP contribution in [-0.2, 0) is 14.8 Å². The van der Waals surface area contributed by atoms with E-state index < -0.39 is 14.9 Å². The van der Waals surface area contributed by atoms with Crippen LogP contribution in [0.2, 0.25) is 5.02 Å². The maximum atomic E-state index is 12.9. The third-order valence-electron chi connectivity index (χ3n) is 4.85. The number of nitrogens with zero attached hydrogens (tertiary/aromatic N) is 2. The molecule has 0 atom stereocenters. The van der Waals surface area contributed by atoms with Gasteiger partial charge in [-0.05, 0) is 43.5 Å². The highest BCUT2D eigenvalue weighted by Crippen LogP contribution is 2.31. The molecule has 1 aliphatic heterocycles. The number of non-ortho nitro benzene ring substituents is 1. The SMILES string of the molecule is Cc1cccc(NC(=O)C2CCN(S(=O)(=O)c3cc([N+](=O)[O-])ccc3Cl)CC2)c1. The van der Waals surface area contributed by atoms with E-state index in [1.165, 1.54) is 10.4 Å². The molecule has 1 amide bonds. The van der Waals surface area contributed by atoms with Gasteiger partial charge in [0, 0.05) is 36.8 Å². The highest BCUT2D eigenvalue weighted by molar-refractivity contribution is 7.89. The summed E-state index contributed by atoms with van der Waals surface area (Å²) < 4.78 is 27.0. The Morgan fingerprint density at radius 3 is 2.52 bits per heavy atom. The number of hydrogen-bond acceptors (Lipinski definition) is 5. The number of amides is 1. The number of piperidine rings is 1. The number of nitro groups is 1. The van der Waals surface area contributed by atoms with Crippen molar-refractivity contribution >= 4 is 38.9 Å². The molecule has 1 fully saturated rings. The number of carbonyl (C=O) groups is 1. The summed E-state index contributed by atoms with van der Waals surface area (Å²) in [7, 11) is -4.00. The molecule has 10 heteroatoms. The van der Waals surface area contributed by atoms with Crippen molar-refractivity contribution < 1.29 is 18.1 Å². The number of nitrogens with one attached hydrogen (secondary N) is 1. The Hall–Kier alpha value is -2.49. The molecule has 0 aromatic heterocycles. The number of carbonyl (C=O) groups excluding carboxylic acids is 1. The number of aryl methyl sites for hydroxylation is 1. The van der Waals surface area contributed by atoms with Gasteiger partial charge in [-0.2, -0.15) is 4.31 Å².